The van der Waals surface area contributed by atoms with Crippen LogP contribution in [0.2, 0.25) is 18.1 Å². The van der Waals surface area contributed by atoms with Gasteiger partial charge in [-0.15, -0.1) is 6.58 Å². The Morgan fingerprint density at radius 1 is 1.18 bits per heavy atom. The second-order valence-corrected chi connectivity index (χ2v) is 13.2. The van der Waals surface area contributed by atoms with Crippen molar-refractivity contribution in [1.29, 1.82) is 0 Å². The molecule has 5 heteroatoms. The van der Waals surface area contributed by atoms with E-state index in [0.29, 0.717) is 26.1 Å². The zero-order valence-electron chi connectivity index (χ0n) is 18.2. The van der Waals surface area contributed by atoms with Gasteiger partial charge in [0.2, 0.25) is 0 Å². The summed E-state index contributed by atoms with van der Waals surface area (Å²) < 4.78 is 17.2. The smallest absolute Gasteiger partial charge is 0.192 e. The Labute approximate surface area is 172 Å². The predicted molar refractivity (Wildman–Crippen MR) is 118 cm³/mol. The lowest BCUT2D eigenvalue weighted by Crippen LogP contribution is -2.44. The second kappa shape index (κ2) is 11.4. The standard InChI is InChI=1S/C23H36O4Si/c1-8-20(24)17-22(27-28(6,7)23(2,3)4)11-9-10-16-26-18-19-12-14-21(25-5)15-13-19/h8,12-15,20,22,24H,1,11,16-18H2,2-7H3/t20-,22-/m1/s1. The van der Waals surface area contributed by atoms with E-state index in [4.69, 9.17) is 13.9 Å². The highest BCUT2D eigenvalue weighted by Crippen LogP contribution is 2.38. The summed E-state index contributed by atoms with van der Waals surface area (Å²) in [4.78, 5) is 0. The molecule has 0 aliphatic carbocycles. The maximum atomic E-state index is 9.97. The number of hydrogen-bond acceptors (Lipinski definition) is 4. The molecule has 156 valence electrons. The average molecular weight is 405 g/mol. The molecule has 28 heavy (non-hydrogen) atoms. The van der Waals surface area contributed by atoms with E-state index in [0.717, 1.165) is 11.3 Å². The van der Waals surface area contributed by atoms with Crippen molar-refractivity contribution in [3.63, 3.8) is 0 Å². The fourth-order valence-corrected chi connectivity index (χ4v) is 3.68. The maximum absolute atomic E-state index is 9.97. The van der Waals surface area contributed by atoms with Gasteiger partial charge in [-0.05, 0) is 35.8 Å². The van der Waals surface area contributed by atoms with Crippen molar-refractivity contribution in [2.75, 3.05) is 13.7 Å². The molecule has 0 bridgehead atoms. The Morgan fingerprint density at radius 2 is 1.82 bits per heavy atom. The summed E-state index contributed by atoms with van der Waals surface area (Å²) >= 11 is 0. The summed E-state index contributed by atoms with van der Waals surface area (Å²) in [6, 6.07) is 7.79. The molecule has 0 spiro atoms. The van der Waals surface area contributed by atoms with Crippen molar-refractivity contribution in [2.45, 2.75) is 70.6 Å². The van der Waals surface area contributed by atoms with E-state index in [9.17, 15) is 5.11 Å². The van der Waals surface area contributed by atoms with Crippen LogP contribution in [0.1, 0.15) is 39.2 Å². The number of aliphatic hydroxyl groups is 1. The molecule has 1 aromatic carbocycles. The van der Waals surface area contributed by atoms with E-state index in [1.807, 2.05) is 24.3 Å². The monoisotopic (exact) mass is 404 g/mol. The topological polar surface area (TPSA) is 47.9 Å². The van der Waals surface area contributed by atoms with Crippen LogP contribution in [0.15, 0.2) is 36.9 Å². The minimum absolute atomic E-state index is 0.108. The van der Waals surface area contributed by atoms with Crippen LogP contribution in [0.4, 0.5) is 0 Å². The Hall–Kier alpha value is -1.58. The zero-order chi connectivity index (χ0) is 21.2. The van der Waals surface area contributed by atoms with Gasteiger partial charge in [0, 0.05) is 12.8 Å². The number of hydrogen-bond donors (Lipinski definition) is 1. The first-order valence-corrected chi connectivity index (χ1v) is 12.6. The summed E-state index contributed by atoms with van der Waals surface area (Å²) in [5.74, 6) is 7.04. The van der Waals surface area contributed by atoms with Crippen LogP contribution in [-0.4, -0.2) is 39.3 Å². The largest absolute Gasteiger partial charge is 0.497 e. The molecule has 1 N–H and O–H groups in total. The molecule has 0 fully saturated rings. The Kier molecular flexibility index (Phi) is 9.98. The molecule has 1 aromatic rings. The Bertz CT molecular complexity index is 650. The molecular weight excluding hydrogens is 368 g/mol. The molecule has 0 aliphatic rings. The number of aliphatic hydroxyl groups excluding tert-OH is 1. The van der Waals surface area contributed by atoms with Crippen LogP contribution < -0.4 is 4.74 Å². The van der Waals surface area contributed by atoms with E-state index in [1.54, 1.807) is 13.2 Å². The van der Waals surface area contributed by atoms with E-state index in [2.05, 4.69) is 52.3 Å². The fourth-order valence-electron chi connectivity index (χ4n) is 2.31. The quantitative estimate of drug-likeness (QED) is 0.260. The van der Waals surface area contributed by atoms with Crippen molar-refractivity contribution in [1.82, 2.24) is 0 Å². The van der Waals surface area contributed by atoms with Crippen LogP contribution >= 0.6 is 0 Å². The van der Waals surface area contributed by atoms with Crippen molar-refractivity contribution >= 4 is 8.32 Å². The number of benzene rings is 1. The van der Waals surface area contributed by atoms with Crippen LogP contribution in [0.25, 0.3) is 0 Å². The first kappa shape index (κ1) is 24.5. The Morgan fingerprint density at radius 3 is 2.36 bits per heavy atom. The van der Waals surface area contributed by atoms with Gasteiger partial charge in [-0.25, -0.2) is 0 Å². The van der Waals surface area contributed by atoms with Gasteiger partial charge in [0.15, 0.2) is 8.32 Å². The molecule has 0 saturated carbocycles. The summed E-state index contributed by atoms with van der Waals surface area (Å²) in [6.45, 7) is 15.6. The van der Waals surface area contributed by atoms with Crippen LogP contribution in [-0.2, 0) is 15.8 Å². The van der Waals surface area contributed by atoms with E-state index >= 15 is 0 Å². The molecule has 4 nitrogen and oxygen atoms in total. The highest BCUT2D eigenvalue weighted by Gasteiger charge is 2.39. The first-order valence-electron chi connectivity index (χ1n) is 9.74. The molecular formula is C23H36O4Si. The van der Waals surface area contributed by atoms with Crippen LogP contribution in [0, 0.1) is 11.8 Å². The maximum Gasteiger partial charge on any atom is 0.192 e. The lowest BCUT2D eigenvalue weighted by molar-refractivity contribution is 0.113. The highest BCUT2D eigenvalue weighted by atomic mass is 28.4. The fraction of sp³-hybridized carbons (Fsp3) is 0.565. The van der Waals surface area contributed by atoms with E-state index < -0.39 is 14.4 Å². The van der Waals surface area contributed by atoms with Gasteiger partial charge >= 0.3 is 0 Å². The lowest BCUT2D eigenvalue weighted by atomic mass is 10.1. The molecule has 2 atom stereocenters. The molecule has 1 rings (SSSR count). The van der Waals surface area contributed by atoms with Crippen molar-refractivity contribution < 1.29 is 19.0 Å². The molecule has 0 aromatic heterocycles. The number of ether oxygens (including phenoxy) is 2. The summed E-state index contributed by atoms with van der Waals surface area (Å²) in [7, 11) is -0.280. The summed E-state index contributed by atoms with van der Waals surface area (Å²) in [6.07, 6.45) is 1.94. The van der Waals surface area contributed by atoms with Gasteiger partial charge in [-0.1, -0.05) is 50.8 Å². The summed E-state index contributed by atoms with van der Waals surface area (Å²) in [5, 5.41) is 10.1. The molecule has 0 heterocycles. The van der Waals surface area contributed by atoms with Gasteiger partial charge in [-0.2, -0.15) is 0 Å². The highest BCUT2D eigenvalue weighted by molar-refractivity contribution is 6.74. The van der Waals surface area contributed by atoms with Crippen molar-refractivity contribution in [2.24, 2.45) is 0 Å². The third-order valence-corrected chi connectivity index (χ3v) is 9.64. The first-order chi connectivity index (χ1) is 13.1. The molecule has 0 amide bonds. The Balaban J connectivity index is 2.54. The van der Waals surface area contributed by atoms with Crippen molar-refractivity contribution in [3.05, 3.63) is 42.5 Å². The average Bonchev–Trinajstić information content (AvgIpc) is 2.63. The number of methoxy groups -OCH3 is 1. The minimum Gasteiger partial charge on any atom is -0.497 e. The zero-order valence-corrected chi connectivity index (χ0v) is 19.2. The third-order valence-electron chi connectivity index (χ3n) is 5.10. The molecule has 0 aliphatic heterocycles. The van der Waals surface area contributed by atoms with Gasteiger partial charge in [-0.3, -0.25) is 0 Å². The normalized spacial score (nSPS) is 14.0. The number of rotatable bonds is 10. The SMILES string of the molecule is C=C[C@@H](O)C[C@@H](CC#CCOCc1ccc(OC)cc1)O[Si](C)(C)C(C)(C)C. The van der Waals surface area contributed by atoms with Crippen LogP contribution in [0.3, 0.4) is 0 Å². The van der Waals surface area contributed by atoms with Crippen LogP contribution in [0.5, 0.6) is 5.75 Å². The van der Waals surface area contributed by atoms with E-state index in [1.165, 1.54) is 0 Å². The second-order valence-electron chi connectivity index (χ2n) is 8.44. The molecule has 0 radical (unpaired) electrons. The minimum atomic E-state index is -1.93. The van der Waals surface area contributed by atoms with Gasteiger partial charge in [0.1, 0.15) is 12.4 Å². The molecule has 0 saturated heterocycles. The lowest BCUT2D eigenvalue weighted by Gasteiger charge is -2.39. The van der Waals surface area contributed by atoms with Gasteiger partial charge in [0.25, 0.3) is 0 Å². The third kappa shape index (κ3) is 8.62. The summed E-state index contributed by atoms with van der Waals surface area (Å²) in [5.41, 5.74) is 1.08. The van der Waals surface area contributed by atoms with E-state index in [-0.39, 0.29) is 11.1 Å². The predicted octanol–water partition coefficient (Wildman–Crippen LogP) is 4.93. The van der Waals surface area contributed by atoms with Gasteiger partial charge in [0.05, 0.1) is 25.9 Å². The molecule has 0 unspecified atom stereocenters. The van der Waals surface area contributed by atoms with Gasteiger partial charge < -0.3 is 19.0 Å². The van der Waals surface area contributed by atoms with Crippen molar-refractivity contribution in [3.8, 4) is 17.6 Å².